The van der Waals surface area contributed by atoms with E-state index in [1.165, 1.54) is 18.9 Å². The molecule has 1 aromatic rings. The molecule has 0 aromatic carbocycles. The van der Waals surface area contributed by atoms with Crippen LogP contribution in [0.15, 0.2) is 16.3 Å². The molecule has 5 nitrogen and oxygen atoms in total. The molecule has 114 valence electrons. The highest BCUT2D eigenvalue weighted by Gasteiger charge is 2.13. The minimum Gasteiger partial charge on any atom is -0.465 e. The highest BCUT2D eigenvalue weighted by atomic mass is 32.2. The largest absolute Gasteiger partial charge is 0.465 e. The molecule has 7 heteroatoms. The lowest BCUT2D eigenvalue weighted by atomic mass is 10.2. The van der Waals surface area contributed by atoms with Crippen LogP contribution >= 0.6 is 11.3 Å². The Kier molecular flexibility index (Phi) is 7.18. The standard InChI is InChI=1S/C13H21NO4S2/c1-2-3-4-5-6-9-18-12(15)10-11-7-8-13(19-11)20(14,16)17/h7-8H,2-6,9-10H2,1H3,(H2,14,16,17). The summed E-state index contributed by atoms with van der Waals surface area (Å²) in [5, 5.41) is 5.01. The SMILES string of the molecule is CCCCCCCOC(=O)Cc1ccc(S(N)(=O)=O)s1. The first-order valence-corrected chi connectivity index (χ1v) is 9.07. The zero-order valence-corrected chi connectivity index (χ0v) is 13.3. The van der Waals surface area contributed by atoms with Crippen molar-refractivity contribution >= 4 is 27.3 Å². The zero-order valence-electron chi connectivity index (χ0n) is 11.6. The summed E-state index contributed by atoms with van der Waals surface area (Å²) in [6.07, 6.45) is 5.59. The second-order valence-corrected chi connectivity index (χ2v) is 7.53. The van der Waals surface area contributed by atoms with Gasteiger partial charge in [-0.15, -0.1) is 11.3 Å². The van der Waals surface area contributed by atoms with Crippen molar-refractivity contribution in [2.75, 3.05) is 6.61 Å². The van der Waals surface area contributed by atoms with Crippen molar-refractivity contribution in [3.05, 3.63) is 17.0 Å². The van der Waals surface area contributed by atoms with Crippen LogP contribution in [-0.2, 0) is 26.0 Å². The second-order valence-electron chi connectivity index (χ2n) is 4.58. The van der Waals surface area contributed by atoms with Gasteiger partial charge >= 0.3 is 5.97 Å². The Morgan fingerprint density at radius 1 is 1.25 bits per heavy atom. The maximum absolute atomic E-state index is 11.6. The lowest BCUT2D eigenvalue weighted by Crippen LogP contribution is -2.10. The fraction of sp³-hybridized carbons (Fsp3) is 0.615. The molecule has 0 bridgehead atoms. The van der Waals surface area contributed by atoms with Gasteiger partial charge in [0.25, 0.3) is 0 Å². The predicted octanol–water partition coefficient (Wildman–Crippen LogP) is 2.45. The highest BCUT2D eigenvalue weighted by molar-refractivity contribution is 7.91. The minimum absolute atomic E-state index is 0.0693. The Morgan fingerprint density at radius 3 is 2.55 bits per heavy atom. The molecule has 0 unspecified atom stereocenters. The number of carbonyl (C=O) groups excluding carboxylic acids is 1. The third-order valence-electron chi connectivity index (χ3n) is 2.75. The maximum Gasteiger partial charge on any atom is 0.311 e. The first-order chi connectivity index (χ1) is 9.43. The van der Waals surface area contributed by atoms with Gasteiger partial charge in [-0.25, -0.2) is 13.6 Å². The van der Waals surface area contributed by atoms with E-state index < -0.39 is 10.0 Å². The molecule has 2 N–H and O–H groups in total. The molecule has 1 rings (SSSR count). The van der Waals surface area contributed by atoms with Crippen molar-refractivity contribution in [2.45, 2.75) is 49.7 Å². The molecule has 0 aliphatic heterocycles. The molecule has 0 aliphatic rings. The number of esters is 1. The van der Waals surface area contributed by atoms with Gasteiger partial charge in [0.1, 0.15) is 4.21 Å². The molecule has 0 saturated heterocycles. The number of nitrogens with two attached hydrogens (primary N) is 1. The number of rotatable bonds is 9. The molecule has 0 aliphatic carbocycles. The summed E-state index contributed by atoms with van der Waals surface area (Å²) < 4.78 is 27.4. The predicted molar refractivity (Wildman–Crippen MR) is 79.1 cm³/mol. The van der Waals surface area contributed by atoms with Gasteiger partial charge in [0.2, 0.25) is 10.0 Å². The van der Waals surface area contributed by atoms with Crippen molar-refractivity contribution in [3.8, 4) is 0 Å². The van der Waals surface area contributed by atoms with Gasteiger partial charge < -0.3 is 4.74 Å². The first kappa shape index (κ1) is 17.1. The number of thiophene rings is 1. The van der Waals surface area contributed by atoms with E-state index in [-0.39, 0.29) is 16.6 Å². The van der Waals surface area contributed by atoms with E-state index in [4.69, 9.17) is 9.88 Å². The van der Waals surface area contributed by atoms with Crippen LogP contribution in [0.3, 0.4) is 0 Å². The summed E-state index contributed by atoms with van der Waals surface area (Å²) >= 11 is 1.00. The number of primary sulfonamides is 1. The quantitative estimate of drug-likeness (QED) is 0.559. The van der Waals surface area contributed by atoms with Crippen LogP contribution in [-0.4, -0.2) is 21.0 Å². The van der Waals surface area contributed by atoms with E-state index in [2.05, 4.69) is 6.92 Å². The molecule has 20 heavy (non-hydrogen) atoms. The van der Waals surface area contributed by atoms with Crippen molar-refractivity contribution in [3.63, 3.8) is 0 Å². The summed E-state index contributed by atoms with van der Waals surface area (Å²) in [5.41, 5.74) is 0. The van der Waals surface area contributed by atoms with E-state index >= 15 is 0 Å². The van der Waals surface area contributed by atoms with Crippen molar-refractivity contribution in [2.24, 2.45) is 5.14 Å². The molecule has 0 radical (unpaired) electrons. The number of ether oxygens (including phenoxy) is 1. The number of hydrogen-bond donors (Lipinski definition) is 1. The minimum atomic E-state index is -3.68. The van der Waals surface area contributed by atoms with Gasteiger partial charge in [0, 0.05) is 4.88 Å². The fourth-order valence-electron chi connectivity index (χ4n) is 1.69. The summed E-state index contributed by atoms with van der Waals surface area (Å²) in [5.74, 6) is -0.330. The number of carbonyl (C=O) groups is 1. The van der Waals surface area contributed by atoms with Gasteiger partial charge in [-0.3, -0.25) is 4.79 Å². The third kappa shape index (κ3) is 6.49. The fourth-order valence-corrected chi connectivity index (χ4v) is 3.46. The van der Waals surface area contributed by atoms with Crippen LogP contribution in [0.2, 0.25) is 0 Å². The topological polar surface area (TPSA) is 86.5 Å². The summed E-state index contributed by atoms with van der Waals surface area (Å²) in [6, 6.07) is 3.00. The molecular formula is C13H21NO4S2. The molecule has 0 saturated carbocycles. The number of hydrogen-bond acceptors (Lipinski definition) is 5. The average Bonchev–Trinajstić information content (AvgIpc) is 2.82. The van der Waals surface area contributed by atoms with Crippen molar-refractivity contribution < 1.29 is 17.9 Å². The van der Waals surface area contributed by atoms with E-state index in [1.807, 2.05) is 0 Å². The van der Waals surface area contributed by atoms with Gasteiger partial charge in [-0.1, -0.05) is 32.6 Å². The Hall–Kier alpha value is -0.920. The van der Waals surface area contributed by atoms with Crippen LogP contribution in [0, 0.1) is 0 Å². The monoisotopic (exact) mass is 319 g/mol. The highest BCUT2D eigenvalue weighted by Crippen LogP contribution is 2.20. The Labute approximate surface area is 124 Å². The van der Waals surface area contributed by atoms with Gasteiger partial charge in [-0.05, 0) is 18.6 Å². The van der Waals surface area contributed by atoms with E-state index in [1.54, 1.807) is 6.07 Å². The maximum atomic E-state index is 11.6. The number of sulfonamides is 1. The normalized spacial score (nSPS) is 11.5. The van der Waals surface area contributed by atoms with Gasteiger partial charge in [0.05, 0.1) is 13.0 Å². The van der Waals surface area contributed by atoms with Crippen LogP contribution in [0.25, 0.3) is 0 Å². The van der Waals surface area contributed by atoms with Crippen molar-refractivity contribution in [1.82, 2.24) is 0 Å². The molecule has 0 spiro atoms. The lowest BCUT2D eigenvalue weighted by Gasteiger charge is -2.03. The van der Waals surface area contributed by atoms with E-state index in [9.17, 15) is 13.2 Å². The lowest BCUT2D eigenvalue weighted by molar-refractivity contribution is -0.142. The Bertz CT molecular complexity index is 522. The summed E-state index contributed by atoms with van der Waals surface area (Å²) in [7, 11) is -3.68. The molecule has 1 heterocycles. The molecule has 0 amide bonds. The smallest absolute Gasteiger partial charge is 0.311 e. The Morgan fingerprint density at radius 2 is 1.95 bits per heavy atom. The summed E-state index contributed by atoms with van der Waals surface area (Å²) in [6.45, 7) is 2.58. The van der Waals surface area contributed by atoms with Crippen LogP contribution < -0.4 is 5.14 Å². The second kappa shape index (κ2) is 8.39. The van der Waals surface area contributed by atoms with E-state index in [0.29, 0.717) is 11.5 Å². The molecule has 0 atom stereocenters. The van der Waals surface area contributed by atoms with E-state index in [0.717, 1.165) is 30.6 Å². The molecule has 1 aromatic heterocycles. The van der Waals surface area contributed by atoms with Gasteiger partial charge in [0.15, 0.2) is 0 Å². The van der Waals surface area contributed by atoms with Crippen molar-refractivity contribution in [1.29, 1.82) is 0 Å². The first-order valence-electron chi connectivity index (χ1n) is 6.70. The van der Waals surface area contributed by atoms with Crippen LogP contribution in [0.5, 0.6) is 0 Å². The van der Waals surface area contributed by atoms with Gasteiger partial charge in [-0.2, -0.15) is 0 Å². The van der Waals surface area contributed by atoms with Crippen LogP contribution in [0.4, 0.5) is 0 Å². The molecule has 0 fully saturated rings. The number of unbranched alkanes of at least 4 members (excludes halogenated alkanes) is 4. The Balaban J connectivity index is 2.27. The average molecular weight is 319 g/mol. The summed E-state index contributed by atoms with van der Waals surface area (Å²) in [4.78, 5) is 12.2. The third-order valence-corrected chi connectivity index (χ3v) is 5.27. The zero-order chi connectivity index (χ0) is 15.0. The molecular weight excluding hydrogens is 298 g/mol. The van der Waals surface area contributed by atoms with Crippen LogP contribution in [0.1, 0.15) is 43.9 Å².